The van der Waals surface area contributed by atoms with Crippen LogP contribution in [0.15, 0.2) is 53.4 Å². The monoisotopic (exact) mass is 351 g/mol. The molecular weight excluding hydrogens is 337 g/mol. The molecule has 6 nitrogen and oxygen atoms in total. The van der Waals surface area contributed by atoms with Gasteiger partial charge in [-0.2, -0.15) is 0 Å². The number of hydrogen-bond acceptors (Lipinski definition) is 6. The number of alkyl halides is 1. The van der Waals surface area contributed by atoms with E-state index in [1.54, 1.807) is 24.3 Å². The van der Waals surface area contributed by atoms with Crippen LogP contribution in [0.25, 0.3) is 0 Å². The first-order valence-corrected chi connectivity index (χ1v) is 7.66. The fourth-order valence-corrected chi connectivity index (χ4v) is 2.65. The number of carbonyl (C=O) groups is 1. The maximum absolute atomic E-state index is 14.2. The Labute approximate surface area is 141 Å². The number of aliphatic hydroxyl groups is 1. The fourth-order valence-electron chi connectivity index (χ4n) is 1.91. The van der Waals surface area contributed by atoms with Crippen LogP contribution in [0, 0.1) is 10.1 Å². The van der Waals surface area contributed by atoms with E-state index >= 15 is 0 Å². The molecule has 0 aliphatic rings. The molecule has 0 radical (unpaired) electrons. The zero-order valence-corrected chi connectivity index (χ0v) is 13.4. The molecule has 0 aromatic heterocycles. The van der Waals surface area contributed by atoms with Gasteiger partial charge in [0.2, 0.25) is 5.12 Å². The lowest BCUT2D eigenvalue weighted by atomic mass is 10.1. The number of hydrogen-bond donors (Lipinski definition) is 1. The number of methoxy groups -OCH3 is 1. The van der Waals surface area contributed by atoms with E-state index in [2.05, 4.69) is 0 Å². The van der Waals surface area contributed by atoms with Crippen LogP contribution in [0.2, 0.25) is 0 Å². The van der Waals surface area contributed by atoms with E-state index in [-0.39, 0.29) is 11.3 Å². The summed E-state index contributed by atoms with van der Waals surface area (Å²) in [6, 6.07) is 11.2. The standard InChI is InChI=1S/C16H14FNO5S/c1-23-12-6-8-13(9-7-12)24-16(20)14(17)15(19)10-2-4-11(5-3-10)18(21)22/h2-9,14-15,19H,1H3/t14-,15-/m0/s1. The summed E-state index contributed by atoms with van der Waals surface area (Å²) < 4.78 is 19.2. The molecular formula is C16H14FNO5S. The molecule has 0 amide bonds. The maximum atomic E-state index is 14.2. The first-order chi connectivity index (χ1) is 11.4. The van der Waals surface area contributed by atoms with E-state index in [0.717, 1.165) is 12.1 Å². The van der Waals surface area contributed by atoms with E-state index in [9.17, 15) is 24.4 Å². The lowest BCUT2D eigenvalue weighted by molar-refractivity contribution is -0.384. The van der Waals surface area contributed by atoms with E-state index in [4.69, 9.17) is 4.74 Å². The van der Waals surface area contributed by atoms with Crippen molar-refractivity contribution in [2.75, 3.05) is 7.11 Å². The minimum atomic E-state index is -2.15. The lowest BCUT2D eigenvalue weighted by Gasteiger charge is -2.14. The number of carbonyl (C=O) groups excluding carboxylic acids is 1. The zero-order chi connectivity index (χ0) is 17.7. The second kappa shape index (κ2) is 7.89. The number of nitro benzene ring substituents is 1. The van der Waals surface area contributed by atoms with Gasteiger partial charge in [0.25, 0.3) is 5.69 Å². The molecule has 0 saturated heterocycles. The first kappa shape index (κ1) is 17.9. The highest BCUT2D eigenvalue weighted by molar-refractivity contribution is 8.13. The summed E-state index contributed by atoms with van der Waals surface area (Å²) in [4.78, 5) is 22.4. The van der Waals surface area contributed by atoms with Gasteiger partial charge in [0.1, 0.15) is 11.9 Å². The number of nitro groups is 1. The molecule has 126 valence electrons. The molecule has 2 aromatic carbocycles. The summed E-state index contributed by atoms with van der Waals surface area (Å²) in [6.45, 7) is 0. The Kier molecular flexibility index (Phi) is 5.88. The normalized spacial score (nSPS) is 13.1. The van der Waals surface area contributed by atoms with Crippen LogP contribution in [-0.4, -0.2) is 28.4 Å². The van der Waals surface area contributed by atoms with Gasteiger partial charge in [-0.05, 0) is 53.7 Å². The lowest BCUT2D eigenvalue weighted by Crippen LogP contribution is -2.21. The van der Waals surface area contributed by atoms with Crippen molar-refractivity contribution < 1.29 is 24.0 Å². The number of benzene rings is 2. The van der Waals surface area contributed by atoms with Gasteiger partial charge in [0.05, 0.1) is 12.0 Å². The molecule has 24 heavy (non-hydrogen) atoms. The fraction of sp³-hybridized carbons (Fsp3) is 0.188. The molecule has 0 heterocycles. The third kappa shape index (κ3) is 4.30. The number of nitrogens with zero attached hydrogens (tertiary/aromatic N) is 1. The Morgan fingerprint density at radius 2 is 1.79 bits per heavy atom. The van der Waals surface area contributed by atoms with Crippen LogP contribution in [0.5, 0.6) is 5.75 Å². The van der Waals surface area contributed by atoms with Crippen molar-refractivity contribution in [2.45, 2.75) is 17.2 Å². The van der Waals surface area contributed by atoms with E-state index in [1.807, 2.05) is 0 Å². The summed E-state index contributed by atoms with van der Waals surface area (Å²) in [7, 11) is 1.51. The Balaban J connectivity index is 2.04. The molecule has 1 N–H and O–H groups in total. The Morgan fingerprint density at radius 3 is 2.29 bits per heavy atom. The summed E-state index contributed by atoms with van der Waals surface area (Å²) in [5, 5.41) is 19.7. The minimum absolute atomic E-state index is 0.0942. The van der Waals surface area contributed by atoms with E-state index in [1.165, 1.54) is 19.2 Å². The van der Waals surface area contributed by atoms with Crippen molar-refractivity contribution in [3.63, 3.8) is 0 Å². The molecule has 0 spiro atoms. The molecule has 2 atom stereocenters. The van der Waals surface area contributed by atoms with Crippen molar-refractivity contribution in [3.8, 4) is 5.75 Å². The van der Waals surface area contributed by atoms with Gasteiger partial charge in [0, 0.05) is 17.0 Å². The number of halogens is 1. The zero-order valence-electron chi connectivity index (χ0n) is 12.6. The van der Waals surface area contributed by atoms with Gasteiger partial charge in [-0.3, -0.25) is 14.9 Å². The highest BCUT2D eigenvalue weighted by atomic mass is 32.2. The minimum Gasteiger partial charge on any atom is -0.497 e. The molecule has 0 bridgehead atoms. The molecule has 0 unspecified atom stereocenters. The quantitative estimate of drug-likeness (QED) is 0.488. The molecule has 0 aliphatic heterocycles. The third-order valence-electron chi connectivity index (χ3n) is 3.23. The number of non-ortho nitro benzene ring substituents is 1. The van der Waals surface area contributed by atoms with E-state index < -0.39 is 22.3 Å². The molecule has 8 heteroatoms. The molecule has 2 aromatic rings. The number of ether oxygens (including phenoxy) is 1. The van der Waals surface area contributed by atoms with Crippen molar-refractivity contribution >= 4 is 22.6 Å². The Bertz CT molecular complexity index is 720. The smallest absolute Gasteiger partial charge is 0.269 e. The van der Waals surface area contributed by atoms with Gasteiger partial charge >= 0.3 is 0 Å². The average molecular weight is 351 g/mol. The van der Waals surface area contributed by atoms with Gasteiger partial charge < -0.3 is 9.84 Å². The second-order valence-electron chi connectivity index (χ2n) is 4.79. The summed E-state index contributed by atoms with van der Waals surface area (Å²) in [5.74, 6) is 0.606. The molecule has 0 aliphatic carbocycles. The van der Waals surface area contributed by atoms with Crippen LogP contribution >= 0.6 is 11.8 Å². The van der Waals surface area contributed by atoms with Crippen LogP contribution in [0.1, 0.15) is 11.7 Å². The predicted molar refractivity (Wildman–Crippen MR) is 86.8 cm³/mol. The van der Waals surface area contributed by atoms with Crippen LogP contribution in [-0.2, 0) is 4.79 Å². The predicted octanol–water partition coefficient (Wildman–Crippen LogP) is 3.29. The highest BCUT2D eigenvalue weighted by Crippen LogP contribution is 2.29. The summed E-state index contributed by atoms with van der Waals surface area (Å²) >= 11 is 0.664. The van der Waals surface area contributed by atoms with Crippen LogP contribution in [0.3, 0.4) is 0 Å². The van der Waals surface area contributed by atoms with Gasteiger partial charge in [-0.15, -0.1) is 0 Å². The molecule has 0 saturated carbocycles. The van der Waals surface area contributed by atoms with Gasteiger partial charge in [-0.25, -0.2) is 4.39 Å². The van der Waals surface area contributed by atoms with Gasteiger partial charge in [-0.1, -0.05) is 0 Å². The third-order valence-corrected chi connectivity index (χ3v) is 4.16. The van der Waals surface area contributed by atoms with Gasteiger partial charge in [0.15, 0.2) is 6.17 Å². The highest BCUT2D eigenvalue weighted by Gasteiger charge is 2.28. The SMILES string of the molecule is COc1ccc(SC(=O)[C@@H](F)[C@@H](O)c2ccc([N+](=O)[O-])cc2)cc1. The Hall–Kier alpha value is -2.45. The second-order valence-corrected chi connectivity index (χ2v) is 5.87. The van der Waals surface area contributed by atoms with E-state index in [0.29, 0.717) is 22.4 Å². The number of thioether (sulfide) groups is 1. The summed E-state index contributed by atoms with van der Waals surface area (Å²) in [6.07, 6.45) is -3.84. The Morgan fingerprint density at radius 1 is 1.21 bits per heavy atom. The van der Waals surface area contributed by atoms with Crippen molar-refractivity contribution in [3.05, 3.63) is 64.2 Å². The average Bonchev–Trinajstić information content (AvgIpc) is 2.61. The largest absolute Gasteiger partial charge is 0.497 e. The number of rotatable bonds is 6. The maximum Gasteiger partial charge on any atom is 0.269 e. The number of aliphatic hydroxyl groups excluding tert-OH is 1. The molecule has 0 fully saturated rings. The van der Waals surface area contributed by atoms with Crippen molar-refractivity contribution in [1.82, 2.24) is 0 Å². The van der Waals surface area contributed by atoms with Crippen molar-refractivity contribution in [2.24, 2.45) is 0 Å². The molecule has 2 rings (SSSR count). The topological polar surface area (TPSA) is 89.7 Å². The van der Waals surface area contributed by atoms with Crippen LogP contribution < -0.4 is 4.74 Å². The summed E-state index contributed by atoms with van der Waals surface area (Å²) in [5.41, 5.74) is -0.0860. The van der Waals surface area contributed by atoms with Crippen molar-refractivity contribution in [1.29, 1.82) is 0 Å². The first-order valence-electron chi connectivity index (χ1n) is 6.84. The van der Waals surface area contributed by atoms with Crippen LogP contribution in [0.4, 0.5) is 10.1 Å².